The lowest BCUT2D eigenvalue weighted by molar-refractivity contribution is -0.185. The van der Waals surface area contributed by atoms with E-state index < -0.39 is 76.9 Å². The number of carbonyl (C=O) groups is 1. The van der Waals surface area contributed by atoms with Gasteiger partial charge >= 0.3 is 30.7 Å². The van der Waals surface area contributed by atoms with E-state index in [2.05, 4.69) is 0 Å². The third kappa shape index (κ3) is 11.8. The summed E-state index contributed by atoms with van der Waals surface area (Å²) in [6.45, 7) is 3.49. The van der Waals surface area contributed by atoms with Crippen molar-refractivity contribution in [2.24, 2.45) is 0 Å². The van der Waals surface area contributed by atoms with E-state index >= 15 is 0 Å². The summed E-state index contributed by atoms with van der Waals surface area (Å²) in [5.74, 6) is -0.644. The molecule has 2 aliphatic rings. The molecule has 4 aromatic rings. The molecule has 0 spiro atoms. The molecule has 2 heterocycles. The Morgan fingerprint density at radius 2 is 1.03 bits per heavy atom. The van der Waals surface area contributed by atoms with Crippen LogP contribution in [0.5, 0.6) is 0 Å². The summed E-state index contributed by atoms with van der Waals surface area (Å²) in [5, 5.41) is 9.03. The average molecular weight is 1010 g/mol. The lowest BCUT2D eigenvalue weighted by Gasteiger charge is -2.33. The molecule has 21 heteroatoms. The van der Waals surface area contributed by atoms with E-state index in [0.29, 0.717) is 6.07 Å². The summed E-state index contributed by atoms with van der Waals surface area (Å²) in [6.07, 6.45) is -20.2. The Labute approximate surface area is 385 Å². The molecule has 0 aliphatic carbocycles. The first kappa shape index (κ1) is 51.7. The molecular weight excluding hydrogens is 972 g/mol. The van der Waals surface area contributed by atoms with Crippen molar-refractivity contribution >= 4 is 63.7 Å². The standard InChI is InChI=1S/C25H25Cl2F6NO2.C19H12Cl2F6N2/c1-22(2,3)36-21(35)7-5-15-4-6-19(13-20(15)24(28,29)30)34-9-8-23(14-34,25(31,32)33)16-10-17(26)12-18(27)11-16;20-13-5-12(6-14(21)7-13)17(19(25,26)27)3-4-29(10-17)15-2-1-11(9-28)16(8-15)18(22,23)24/h4,6,10-13H,5,7-9,14H2,1-3H3;1-2,5-8H,3-4,10H2. The van der Waals surface area contributed by atoms with E-state index in [0.717, 1.165) is 12.1 Å². The topological polar surface area (TPSA) is 56.6 Å². The van der Waals surface area contributed by atoms with Crippen molar-refractivity contribution in [1.29, 1.82) is 5.26 Å². The first-order chi connectivity index (χ1) is 29.8. The maximum Gasteiger partial charge on any atom is 0.417 e. The van der Waals surface area contributed by atoms with Crippen LogP contribution in [0.25, 0.3) is 0 Å². The van der Waals surface area contributed by atoms with Crippen LogP contribution in [-0.4, -0.2) is 50.1 Å². The van der Waals surface area contributed by atoms with Crippen LogP contribution in [0, 0.1) is 11.3 Å². The van der Waals surface area contributed by atoms with E-state index in [-0.39, 0.29) is 86.9 Å². The fourth-order valence-corrected chi connectivity index (χ4v) is 8.97. The molecule has 0 aromatic heterocycles. The minimum atomic E-state index is -4.80. The van der Waals surface area contributed by atoms with E-state index in [4.69, 9.17) is 56.4 Å². The molecule has 2 aliphatic heterocycles. The van der Waals surface area contributed by atoms with E-state index in [1.807, 2.05) is 0 Å². The first-order valence-electron chi connectivity index (χ1n) is 19.4. The van der Waals surface area contributed by atoms with E-state index in [1.165, 1.54) is 70.5 Å². The number of hydrogen-bond acceptors (Lipinski definition) is 5. The molecule has 0 saturated carbocycles. The monoisotopic (exact) mass is 1010 g/mol. The number of hydrogen-bond donors (Lipinski definition) is 0. The molecule has 352 valence electrons. The van der Waals surface area contributed by atoms with Crippen LogP contribution in [0.15, 0.2) is 72.8 Å². The van der Waals surface area contributed by atoms with Gasteiger partial charge in [0.05, 0.1) is 22.8 Å². The molecule has 4 aromatic carbocycles. The SMILES string of the molecule is CC(C)(C)OC(=O)CCc1ccc(N2CCC(c3cc(Cl)cc(Cl)c3)(C(F)(F)F)C2)cc1C(F)(F)F.N#Cc1ccc(N2CCC(c3cc(Cl)cc(Cl)c3)(C(F)(F)F)C2)cc1C(F)(F)F. The van der Waals surface area contributed by atoms with Gasteiger partial charge in [0.25, 0.3) is 0 Å². The maximum atomic E-state index is 14.3. The second kappa shape index (κ2) is 18.8. The third-order valence-corrected chi connectivity index (χ3v) is 11.9. The number of esters is 1. The predicted molar refractivity (Wildman–Crippen MR) is 224 cm³/mol. The highest BCUT2D eigenvalue weighted by atomic mass is 35.5. The van der Waals surface area contributed by atoms with Crippen molar-refractivity contribution in [2.45, 2.75) is 87.6 Å². The number of anilines is 2. The summed E-state index contributed by atoms with van der Waals surface area (Å²) >= 11 is 23.6. The van der Waals surface area contributed by atoms with Crippen molar-refractivity contribution in [2.75, 3.05) is 36.0 Å². The number of nitrogens with zero attached hydrogens (tertiary/aromatic N) is 3. The molecule has 5 nitrogen and oxygen atoms in total. The van der Waals surface area contributed by atoms with Crippen LogP contribution >= 0.6 is 46.4 Å². The molecule has 0 bridgehead atoms. The summed E-state index contributed by atoms with van der Waals surface area (Å²) < 4.78 is 172. The highest BCUT2D eigenvalue weighted by Crippen LogP contribution is 2.52. The molecule has 0 amide bonds. The van der Waals surface area contributed by atoms with Gasteiger partial charge in [-0.3, -0.25) is 4.79 Å². The largest absolute Gasteiger partial charge is 0.460 e. The van der Waals surface area contributed by atoms with Gasteiger partial charge in [0, 0.05) is 64.1 Å². The molecule has 65 heavy (non-hydrogen) atoms. The van der Waals surface area contributed by atoms with Gasteiger partial charge < -0.3 is 14.5 Å². The number of alkyl halides is 12. The molecule has 2 saturated heterocycles. The molecule has 0 radical (unpaired) electrons. The van der Waals surface area contributed by atoms with Crippen molar-refractivity contribution in [3.63, 3.8) is 0 Å². The van der Waals surface area contributed by atoms with E-state index in [1.54, 1.807) is 20.8 Å². The Morgan fingerprint density at radius 3 is 1.40 bits per heavy atom. The quantitative estimate of drug-likeness (QED) is 0.136. The zero-order valence-electron chi connectivity index (χ0n) is 34.3. The zero-order chi connectivity index (χ0) is 48.7. The van der Waals surface area contributed by atoms with Crippen LogP contribution in [-0.2, 0) is 39.1 Å². The van der Waals surface area contributed by atoms with Gasteiger partial charge in [0.1, 0.15) is 16.4 Å². The molecule has 6 rings (SSSR count). The number of nitriles is 1. The molecular formula is C44H37Cl4F12N3O2. The lowest BCUT2D eigenvalue weighted by Crippen LogP contribution is -2.44. The van der Waals surface area contributed by atoms with Gasteiger partial charge in [0.15, 0.2) is 0 Å². The second-order valence-corrected chi connectivity index (χ2v) is 18.3. The maximum absolute atomic E-state index is 14.3. The average Bonchev–Trinajstić information content (AvgIpc) is 3.83. The summed E-state index contributed by atoms with van der Waals surface area (Å²) in [6, 6.07) is 15.0. The number of rotatable bonds is 7. The summed E-state index contributed by atoms with van der Waals surface area (Å²) in [5.41, 5.74) is -8.71. The smallest absolute Gasteiger partial charge is 0.417 e. The number of carbonyl (C=O) groups excluding carboxylic acids is 1. The van der Waals surface area contributed by atoms with Gasteiger partial charge in [-0.1, -0.05) is 52.5 Å². The molecule has 2 atom stereocenters. The number of ether oxygens (including phenoxy) is 1. The minimum Gasteiger partial charge on any atom is -0.460 e. The fourth-order valence-electron chi connectivity index (χ4n) is 7.92. The Morgan fingerprint density at radius 1 is 0.631 bits per heavy atom. The predicted octanol–water partition coefficient (Wildman–Crippen LogP) is 14.6. The van der Waals surface area contributed by atoms with Crippen LogP contribution in [0.3, 0.4) is 0 Å². The van der Waals surface area contributed by atoms with Crippen molar-refractivity contribution in [3.05, 3.63) is 126 Å². The fraction of sp³-hybridized carbons (Fsp3) is 0.409. The Hall–Kier alpha value is -4.24. The number of aryl methyl sites for hydroxylation is 1. The lowest BCUT2D eigenvalue weighted by atomic mass is 9.79. The molecule has 2 fully saturated rings. The first-order valence-corrected chi connectivity index (χ1v) is 20.9. The van der Waals surface area contributed by atoms with Crippen molar-refractivity contribution in [1.82, 2.24) is 0 Å². The summed E-state index contributed by atoms with van der Waals surface area (Å²) in [4.78, 5) is 14.5. The van der Waals surface area contributed by atoms with Crippen LogP contribution < -0.4 is 9.80 Å². The van der Waals surface area contributed by atoms with E-state index in [9.17, 15) is 57.5 Å². The van der Waals surface area contributed by atoms with Gasteiger partial charge in [-0.2, -0.15) is 57.9 Å². The van der Waals surface area contributed by atoms with Crippen LogP contribution in [0.4, 0.5) is 64.1 Å². The molecule has 0 N–H and O–H groups in total. The summed E-state index contributed by atoms with van der Waals surface area (Å²) in [7, 11) is 0. The number of benzene rings is 4. The van der Waals surface area contributed by atoms with Crippen LogP contribution in [0.2, 0.25) is 20.1 Å². The minimum absolute atomic E-state index is 0.00240. The normalized spacial score (nSPS) is 19.5. The second-order valence-electron chi connectivity index (χ2n) is 16.6. The van der Waals surface area contributed by atoms with Crippen molar-refractivity contribution in [3.8, 4) is 6.07 Å². The Balaban J connectivity index is 0.000000250. The van der Waals surface area contributed by atoms with Gasteiger partial charge in [-0.25, -0.2) is 0 Å². The Kier molecular flexibility index (Phi) is 15.0. The highest BCUT2D eigenvalue weighted by Gasteiger charge is 2.60. The van der Waals surface area contributed by atoms with Crippen LogP contribution in [0.1, 0.15) is 73.4 Å². The van der Waals surface area contributed by atoms with Gasteiger partial charge in [0.2, 0.25) is 0 Å². The van der Waals surface area contributed by atoms with Gasteiger partial charge in [-0.05, 0) is 123 Å². The zero-order valence-corrected chi connectivity index (χ0v) is 37.3. The number of halogens is 16. The Bertz CT molecular complexity index is 2400. The third-order valence-electron chi connectivity index (χ3n) is 11.0. The van der Waals surface area contributed by atoms with Crippen molar-refractivity contribution < 1.29 is 62.2 Å². The molecule has 2 unspecified atom stereocenters. The highest BCUT2D eigenvalue weighted by molar-refractivity contribution is 6.35. The van der Waals surface area contributed by atoms with Gasteiger partial charge in [-0.15, -0.1) is 0 Å².